The molecule has 0 saturated carbocycles. The van der Waals surface area contributed by atoms with Crippen LogP contribution < -0.4 is 0 Å². The Morgan fingerprint density at radius 2 is 1.33 bits per heavy atom. The number of carboxylic acids is 1. The van der Waals surface area contributed by atoms with Crippen LogP contribution in [0.3, 0.4) is 0 Å². The topological polar surface area (TPSA) is 61.1 Å². The van der Waals surface area contributed by atoms with Crippen LogP contribution in [0.15, 0.2) is 60.7 Å². The third-order valence-corrected chi connectivity index (χ3v) is 6.17. The molecular formula is C30H33NO2. The highest BCUT2D eigenvalue weighted by Crippen LogP contribution is 2.31. The lowest BCUT2D eigenvalue weighted by Crippen LogP contribution is -2.01. The van der Waals surface area contributed by atoms with Gasteiger partial charge in [-0.15, -0.1) is 0 Å². The van der Waals surface area contributed by atoms with Gasteiger partial charge >= 0.3 is 5.97 Å². The van der Waals surface area contributed by atoms with Gasteiger partial charge in [-0.2, -0.15) is 5.26 Å². The maximum atomic E-state index is 12.1. The highest BCUT2D eigenvalue weighted by Gasteiger charge is 2.15. The molecule has 170 valence electrons. The van der Waals surface area contributed by atoms with Crippen molar-refractivity contribution in [2.75, 3.05) is 0 Å². The van der Waals surface area contributed by atoms with E-state index in [2.05, 4.69) is 38.1 Å². The number of aryl methyl sites for hydroxylation is 2. The SMILES string of the molecule is CCCCCc1ccc(-c2ccc(-c3ccc(CCCCC)cc3C#N)cc2C(=O)O)cc1. The third kappa shape index (κ3) is 6.33. The maximum absolute atomic E-state index is 12.1. The molecule has 0 radical (unpaired) electrons. The highest BCUT2D eigenvalue weighted by molar-refractivity contribution is 5.98. The fourth-order valence-electron chi connectivity index (χ4n) is 4.24. The number of nitrogens with zero attached hydrogens (tertiary/aromatic N) is 1. The molecule has 0 unspecified atom stereocenters. The molecule has 3 aromatic carbocycles. The van der Waals surface area contributed by atoms with Gasteiger partial charge in [-0.3, -0.25) is 0 Å². The summed E-state index contributed by atoms with van der Waals surface area (Å²) in [5, 5.41) is 19.6. The molecule has 3 nitrogen and oxygen atoms in total. The number of carboxylic acid groups (broad SMARTS) is 1. The Bertz CT molecular complexity index is 1120. The van der Waals surface area contributed by atoms with E-state index < -0.39 is 5.97 Å². The largest absolute Gasteiger partial charge is 0.478 e. The predicted molar refractivity (Wildman–Crippen MR) is 135 cm³/mol. The number of carbonyl (C=O) groups is 1. The van der Waals surface area contributed by atoms with Crippen molar-refractivity contribution in [3.05, 3.63) is 82.9 Å². The molecule has 0 saturated heterocycles. The lowest BCUT2D eigenvalue weighted by molar-refractivity contribution is 0.0697. The van der Waals surface area contributed by atoms with E-state index in [1.165, 1.54) is 31.2 Å². The van der Waals surface area contributed by atoms with Crippen LogP contribution in [0, 0.1) is 11.3 Å². The van der Waals surface area contributed by atoms with Crippen LogP contribution in [-0.2, 0) is 12.8 Å². The van der Waals surface area contributed by atoms with Crippen LogP contribution in [0.2, 0.25) is 0 Å². The first-order chi connectivity index (χ1) is 16.1. The fourth-order valence-corrected chi connectivity index (χ4v) is 4.24. The summed E-state index contributed by atoms with van der Waals surface area (Å²) in [5.41, 5.74) is 6.38. The van der Waals surface area contributed by atoms with E-state index in [1.807, 2.05) is 36.4 Å². The molecule has 0 atom stereocenters. The van der Waals surface area contributed by atoms with E-state index in [9.17, 15) is 15.2 Å². The van der Waals surface area contributed by atoms with E-state index >= 15 is 0 Å². The average molecular weight is 440 g/mol. The average Bonchev–Trinajstić information content (AvgIpc) is 2.84. The number of unbranched alkanes of at least 4 members (excludes halogenated alkanes) is 4. The lowest BCUT2D eigenvalue weighted by atomic mass is 9.91. The van der Waals surface area contributed by atoms with Crippen LogP contribution in [-0.4, -0.2) is 11.1 Å². The molecular weight excluding hydrogens is 406 g/mol. The Labute approximate surface area is 197 Å². The number of nitriles is 1. The van der Waals surface area contributed by atoms with Crippen molar-refractivity contribution in [3.8, 4) is 28.3 Å². The first-order valence-electron chi connectivity index (χ1n) is 12.1. The summed E-state index contributed by atoms with van der Waals surface area (Å²) in [6.07, 6.45) is 9.03. The first kappa shape index (κ1) is 24.3. The van der Waals surface area contributed by atoms with Gasteiger partial charge in [0.15, 0.2) is 0 Å². The zero-order valence-electron chi connectivity index (χ0n) is 19.7. The molecule has 0 heterocycles. The predicted octanol–water partition coefficient (Wildman–Crippen LogP) is 8.06. The molecule has 0 aliphatic heterocycles. The van der Waals surface area contributed by atoms with E-state index in [0.717, 1.165) is 47.9 Å². The Kier molecular flexibility index (Phi) is 8.84. The molecule has 3 rings (SSSR count). The minimum atomic E-state index is -0.964. The molecule has 0 aromatic heterocycles. The quantitative estimate of drug-likeness (QED) is 0.307. The van der Waals surface area contributed by atoms with Gasteiger partial charge in [0.05, 0.1) is 17.2 Å². The van der Waals surface area contributed by atoms with Crippen LogP contribution in [0.1, 0.15) is 79.4 Å². The van der Waals surface area contributed by atoms with Crippen molar-refractivity contribution in [1.82, 2.24) is 0 Å². The summed E-state index contributed by atoms with van der Waals surface area (Å²) >= 11 is 0. The van der Waals surface area contributed by atoms with Gasteiger partial charge in [0.2, 0.25) is 0 Å². The van der Waals surface area contributed by atoms with E-state index in [4.69, 9.17) is 0 Å². The first-order valence-corrected chi connectivity index (χ1v) is 12.1. The lowest BCUT2D eigenvalue weighted by Gasteiger charge is -2.12. The van der Waals surface area contributed by atoms with Gasteiger partial charge in [0, 0.05) is 0 Å². The van der Waals surface area contributed by atoms with Gasteiger partial charge in [0.25, 0.3) is 0 Å². The standard InChI is InChI=1S/C30H33NO2/c1-3-5-7-9-22-11-14-24(15-12-22)28-18-16-25(20-29(28)30(32)33)27-17-13-23(10-8-6-4-2)19-26(27)21-31/h11-20H,3-10H2,1-2H3,(H,32,33). The second kappa shape index (κ2) is 12.0. The minimum absolute atomic E-state index is 0.252. The second-order valence-electron chi connectivity index (χ2n) is 8.67. The van der Waals surface area contributed by atoms with E-state index in [-0.39, 0.29) is 5.56 Å². The van der Waals surface area contributed by atoms with Gasteiger partial charge < -0.3 is 5.11 Å². The Hall–Kier alpha value is -3.38. The van der Waals surface area contributed by atoms with Crippen molar-refractivity contribution in [2.24, 2.45) is 0 Å². The fraction of sp³-hybridized carbons (Fsp3) is 0.333. The monoisotopic (exact) mass is 439 g/mol. The normalized spacial score (nSPS) is 10.7. The summed E-state index contributed by atoms with van der Waals surface area (Å²) in [7, 11) is 0. The Balaban J connectivity index is 1.90. The highest BCUT2D eigenvalue weighted by atomic mass is 16.4. The van der Waals surface area contributed by atoms with E-state index in [0.29, 0.717) is 11.1 Å². The zero-order chi connectivity index (χ0) is 23.6. The Morgan fingerprint density at radius 3 is 1.94 bits per heavy atom. The maximum Gasteiger partial charge on any atom is 0.336 e. The van der Waals surface area contributed by atoms with Crippen molar-refractivity contribution >= 4 is 5.97 Å². The third-order valence-electron chi connectivity index (χ3n) is 6.17. The van der Waals surface area contributed by atoms with Crippen LogP contribution in [0.5, 0.6) is 0 Å². The molecule has 3 aromatic rings. The second-order valence-corrected chi connectivity index (χ2v) is 8.67. The van der Waals surface area contributed by atoms with Crippen LogP contribution in [0.25, 0.3) is 22.3 Å². The van der Waals surface area contributed by atoms with Crippen molar-refractivity contribution in [1.29, 1.82) is 5.26 Å². The number of aromatic carboxylic acids is 1. The van der Waals surface area contributed by atoms with Gasteiger partial charge in [-0.1, -0.05) is 88.1 Å². The molecule has 1 N–H and O–H groups in total. The molecule has 0 bridgehead atoms. The smallest absolute Gasteiger partial charge is 0.336 e. The molecule has 33 heavy (non-hydrogen) atoms. The van der Waals surface area contributed by atoms with Crippen molar-refractivity contribution < 1.29 is 9.90 Å². The van der Waals surface area contributed by atoms with Crippen molar-refractivity contribution in [3.63, 3.8) is 0 Å². The summed E-state index contributed by atoms with van der Waals surface area (Å²) in [5.74, 6) is -0.964. The van der Waals surface area contributed by atoms with E-state index in [1.54, 1.807) is 6.07 Å². The molecule has 0 aliphatic rings. The van der Waals surface area contributed by atoms with Gasteiger partial charge in [-0.25, -0.2) is 4.79 Å². The minimum Gasteiger partial charge on any atom is -0.478 e. The molecule has 3 heteroatoms. The van der Waals surface area contributed by atoms with Crippen molar-refractivity contribution in [2.45, 2.75) is 65.2 Å². The number of rotatable bonds is 11. The van der Waals surface area contributed by atoms with Crippen LogP contribution >= 0.6 is 0 Å². The number of benzene rings is 3. The summed E-state index contributed by atoms with van der Waals surface area (Å²) in [6.45, 7) is 4.37. The number of hydrogen-bond donors (Lipinski definition) is 1. The zero-order valence-corrected chi connectivity index (χ0v) is 19.7. The summed E-state index contributed by atoms with van der Waals surface area (Å²) < 4.78 is 0. The van der Waals surface area contributed by atoms with Crippen LogP contribution in [0.4, 0.5) is 0 Å². The number of hydrogen-bond acceptors (Lipinski definition) is 2. The molecule has 0 aliphatic carbocycles. The molecule has 0 fully saturated rings. The van der Waals surface area contributed by atoms with Gasteiger partial charge in [0.1, 0.15) is 0 Å². The summed E-state index contributed by atoms with van der Waals surface area (Å²) in [6, 6.07) is 21.9. The summed E-state index contributed by atoms with van der Waals surface area (Å²) in [4.78, 5) is 12.1. The Morgan fingerprint density at radius 1 is 0.758 bits per heavy atom. The van der Waals surface area contributed by atoms with Gasteiger partial charge in [-0.05, 0) is 71.2 Å². The molecule has 0 amide bonds. The molecule has 0 spiro atoms.